The highest BCUT2D eigenvalue weighted by atomic mass is 19.4. The van der Waals surface area contributed by atoms with E-state index in [1.165, 1.54) is 19.1 Å². The molecule has 0 aliphatic heterocycles. The van der Waals surface area contributed by atoms with Crippen molar-refractivity contribution in [1.82, 2.24) is 0 Å². The van der Waals surface area contributed by atoms with Crippen LogP contribution in [0.3, 0.4) is 0 Å². The quantitative estimate of drug-likeness (QED) is 0.588. The Balaban J connectivity index is 2.57. The van der Waals surface area contributed by atoms with Crippen LogP contribution in [-0.4, -0.2) is 5.78 Å². The third kappa shape index (κ3) is 3.09. The van der Waals surface area contributed by atoms with Crippen LogP contribution in [0.1, 0.15) is 27.0 Å². The zero-order valence-electron chi connectivity index (χ0n) is 10.8. The summed E-state index contributed by atoms with van der Waals surface area (Å²) < 4.78 is 65.1. The second-order valence-electron chi connectivity index (χ2n) is 4.48. The maximum absolute atomic E-state index is 13.4. The van der Waals surface area contributed by atoms with Crippen LogP contribution in [0.5, 0.6) is 0 Å². The van der Waals surface area contributed by atoms with Crippen LogP contribution < -0.4 is 0 Å². The smallest absolute Gasteiger partial charge is 0.289 e. The maximum Gasteiger partial charge on any atom is 0.417 e. The summed E-state index contributed by atoms with van der Waals surface area (Å²) in [5, 5.41) is 0. The van der Waals surface area contributed by atoms with Gasteiger partial charge in [0.15, 0.2) is 5.78 Å². The molecule has 2 aromatic rings. The fourth-order valence-corrected chi connectivity index (χ4v) is 1.84. The van der Waals surface area contributed by atoms with E-state index in [4.69, 9.17) is 0 Å². The van der Waals surface area contributed by atoms with Gasteiger partial charge >= 0.3 is 6.18 Å². The van der Waals surface area contributed by atoms with Crippen LogP contribution in [0.25, 0.3) is 0 Å². The molecule has 0 spiro atoms. The van der Waals surface area contributed by atoms with Gasteiger partial charge in [-0.3, -0.25) is 4.79 Å². The van der Waals surface area contributed by atoms with Gasteiger partial charge in [-0.05, 0) is 36.8 Å². The summed E-state index contributed by atoms with van der Waals surface area (Å²) in [5.74, 6) is -2.77. The minimum absolute atomic E-state index is 0.252. The van der Waals surface area contributed by atoms with E-state index in [0.717, 1.165) is 6.07 Å². The van der Waals surface area contributed by atoms with Crippen molar-refractivity contribution in [2.45, 2.75) is 13.1 Å². The Labute approximate surface area is 117 Å². The van der Waals surface area contributed by atoms with Gasteiger partial charge in [0.25, 0.3) is 0 Å². The predicted molar refractivity (Wildman–Crippen MR) is 66.0 cm³/mol. The molecule has 0 saturated heterocycles. The molecular formula is C15H9F5O. The first kappa shape index (κ1) is 15.2. The largest absolute Gasteiger partial charge is 0.417 e. The Morgan fingerprint density at radius 2 is 1.67 bits per heavy atom. The average Bonchev–Trinajstić information content (AvgIpc) is 2.39. The molecule has 0 N–H and O–H groups in total. The number of benzene rings is 2. The molecule has 0 radical (unpaired) electrons. The number of aryl methyl sites for hydroxylation is 1. The molecule has 6 heteroatoms. The van der Waals surface area contributed by atoms with E-state index < -0.39 is 34.7 Å². The number of halogens is 5. The number of carbonyl (C=O) groups is 1. The molecule has 1 nitrogen and oxygen atoms in total. The third-order valence-electron chi connectivity index (χ3n) is 2.97. The lowest BCUT2D eigenvalue weighted by Gasteiger charge is -2.12. The predicted octanol–water partition coefficient (Wildman–Crippen LogP) is 4.52. The molecule has 0 amide bonds. The van der Waals surface area contributed by atoms with Crippen molar-refractivity contribution < 1.29 is 26.7 Å². The van der Waals surface area contributed by atoms with Crippen LogP contribution in [0.15, 0.2) is 36.4 Å². The summed E-state index contributed by atoms with van der Waals surface area (Å²) >= 11 is 0. The first-order valence-electron chi connectivity index (χ1n) is 5.88. The molecule has 0 bridgehead atoms. The number of rotatable bonds is 2. The van der Waals surface area contributed by atoms with Gasteiger partial charge in [-0.2, -0.15) is 13.2 Å². The first-order valence-corrected chi connectivity index (χ1v) is 5.88. The number of hydrogen-bond acceptors (Lipinski definition) is 1. The molecule has 0 fully saturated rings. The van der Waals surface area contributed by atoms with Gasteiger partial charge < -0.3 is 0 Å². The molecule has 0 aliphatic carbocycles. The van der Waals surface area contributed by atoms with E-state index in [0.29, 0.717) is 18.2 Å². The van der Waals surface area contributed by atoms with E-state index in [-0.39, 0.29) is 11.1 Å². The van der Waals surface area contributed by atoms with Gasteiger partial charge in [0.2, 0.25) is 0 Å². The fraction of sp³-hybridized carbons (Fsp3) is 0.133. The second-order valence-corrected chi connectivity index (χ2v) is 4.48. The van der Waals surface area contributed by atoms with E-state index in [1.807, 2.05) is 0 Å². The Bertz CT molecular complexity index is 704. The molecule has 0 saturated carbocycles. The van der Waals surface area contributed by atoms with E-state index in [2.05, 4.69) is 0 Å². The normalized spacial score (nSPS) is 11.5. The molecule has 2 rings (SSSR count). The summed E-state index contributed by atoms with van der Waals surface area (Å²) in [6, 6.07) is 4.93. The Kier molecular flexibility index (Phi) is 3.80. The summed E-state index contributed by atoms with van der Waals surface area (Å²) in [6.45, 7) is 1.45. The highest BCUT2D eigenvalue weighted by Gasteiger charge is 2.35. The minimum atomic E-state index is -4.80. The zero-order valence-corrected chi connectivity index (χ0v) is 10.8. The monoisotopic (exact) mass is 300 g/mol. The van der Waals surface area contributed by atoms with Crippen molar-refractivity contribution in [1.29, 1.82) is 0 Å². The number of hydrogen-bond donors (Lipinski definition) is 0. The summed E-state index contributed by atoms with van der Waals surface area (Å²) in [5.41, 5.74) is -2.11. The lowest BCUT2D eigenvalue weighted by Crippen LogP contribution is -2.14. The average molecular weight is 300 g/mol. The van der Waals surface area contributed by atoms with Gasteiger partial charge in [-0.1, -0.05) is 12.1 Å². The second kappa shape index (κ2) is 5.27. The SMILES string of the molecule is Cc1ccc(C(=O)c2cc(F)ccc2C(F)(F)F)cc1F. The topological polar surface area (TPSA) is 17.1 Å². The van der Waals surface area contributed by atoms with Crippen LogP contribution in [0.2, 0.25) is 0 Å². The lowest BCUT2D eigenvalue weighted by atomic mass is 9.97. The van der Waals surface area contributed by atoms with E-state index >= 15 is 0 Å². The standard InChI is InChI=1S/C15H9F5O/c1-8-2-3-9(6-13(8)17)14(21)11-7-10(16)4-5-12(11)15(18,19)20/h2-7H,1H3. The summed E-state index contributed by atoms with van der Waals surface area (Å²) in [7, 11) is 0. The summed E-state index contributed by atoms with van der Waals surface area (Å²) in [4.78, 5) is 12.1. The highest BCUT2D eigenvalue weighted by Crippen LogP contribution is 2.33. The Morgan fingerprint density at radius 1 is 1.00 bits per heavy atom. The molecule has 110 valence electrons. The summed E-state index contributed by atoms with van der Waals surface area (Å²) in [6.07, 6.45) is -4.80. The lowest BCUT2D eigenvalue weighted by molar-refractivity contribution is -0.137. The molecular weight excluding hydrogens is 291 g/mol. The van der Waals surface area contributed by atoms with Crippen molar-refractivity contribution in [2.24, 2.45) is 0 Å². The molecule has 0 aromatic heterocycles. The zero-order chi connectivity index (χ0) is 15.8. The van der Waals surface area contributed by atoms with Crippen LogP contribution in [0.4, 0.5) is 22.0 Å². The third-order valence-corrected chi connectivity index (χ3v) is 2.97. The van der Waals surface area contributed by atoms with Crippen molar-refractivity contribution in [3.05, 3.63) is 70.3 Å². The van der Waals surface area contributed by atoms with Crippen LogP contribution in [0, 0.1) is 18.6 Å². The van der Waals surface area contributed by atoms with E-state index in [1.54, 1.807) is 0 Å². The molecule has 21 heavy (non-hydrogen) atoms. The number of carbonyl (C=O) groups excluding carboxylic acids is 1. The van der Waals surface area contributed by atoms with Crippen molar-refractivity contribution >= 4 is 5.78 Å². The van der Waals surface area contributed by atoms with Gasteiger partial charge in [-0.15, -0.1) is 0 Å². The molecule has 0 aliphatic rings. The number of ketones is 1. The fourth-order valence-electron chi connectivity index (χ4n) is 1.84. The molecule has 2 aromatic carbocycles. The van der Waals surface area contributed by atoms with Crippen molar-refractivity contribution in [3.8, 4) is 0 Å². The van der Waals surface area contributed by atoms with Crippen LogP contribution in [-0.2, 0) is 6.18 Å². The Hall–Kier alpha value is -2.24. The van der Waals surface area contributed by atoms with Gasteiger partial charge in [0, 0.05) is 11.1 Å². The molecule has 0 atom stereocenters. The van der Waals surface area contributed by atoms with Crippen molar-refractivity contribution in [2.75, 3.05) is 0 Å². The molecule has 0 heterocycles. The first-order chi connectivity index (χ1) is 9.70. The molecule has 0 unspecified atom stereocenters. The van der Waals surface area contributed by atoms with Gasteiger partial charge in [-0.25, -0.2) is 8.78 Å². The van der Waals surface area contributed by atoms with E-state index in [9.17, 15) is 26.7 Å². The maximum atomic E-state index is 13.4. The minimum Gasteiger partial charge on any atom is -0.289 e. The van der Waals surface area contributed by atoms with Gasteiger partial charge in [0.05, 0.1) is 5.56 Å². The number of alkyl halides is 3. The van der Waals surface area contributed by atoms with Crippen LogP contribution >= 0.6 is 0 Å². The van der Waals surface area contributed by atoms with Gasteiger partial charge in [0.1, 0.15) is 11.6 Å². The van der Waals surface area contributed by atoms with Crippen molar-refractivity contribution in [3.63, 3.8) is 0 Å². The highest BCUT2D eigenvalue weighted by molar-refractivity contribution is 6.10. The Morgan fingerprint density at radius 3 is 2.24 bits per heavy atom.